The summed E-state index contributed by atoms with van der Waals surface area (Å²) in [5.74, 6) is -0.181. The van der Waals surface area contributed by atoms with Crippen molar-refractivity contribution in [3.63, 3.8) is 0 Å². The number of halogens is 3. The SMILES string of the molecule is CN1CC2CN(c3ccc(-c4cccc5[nH]ccc45)nn3)CC2C1.O=C(O)C(F)(F)F. The molecule has 0 saturated carbocycles. The maximum atomic E-state index is 10.6. The van der Waals surface area contributed by atoms with Crippen molar-refractivity contribution in [2.75, 3.05) is 38.1 Å². The summed E-state index contributed by atoms with van der Waals surface area (Å²) in [6.07, 6.45) is -3.12. The van der Waals surface area contributed by atoms with Gasteiger partial charge in [-0.3, -0.25) is 0 Å². The number of benzene rings is 1. The molecule has 4 heterocycles. The molecule has 2 saturated heterocycles. The zero-order valence-electron chi connectivity index (χ0n) is 16.8. The highest BCUT2D eigenvalue weighted by atomic mass is 19.4. The van der Waals surface area contributed by atoms with Crippen molar-refractivity contribution in [2.45, 2.75) is 6.18 Å². The number of hydrogen-bond acceptors (Lipinski definition) is 5. The van der Waals surface area contributed by atoms with Gasteiger partial charge < -0.3 is 19.9 Å². The van der Waals surface area contributed by atoms with Gasteiger partial charge in [0.15, 0.2) is 5.82 Å². The predicted octanol–water partition coefficient (Wildman–Crippen LogP) is 3.26. The van der Waals surface area contributed by atoms with Crippen LogP contribution in [-0.4, -0.2) is 70.6 Å². The van der Waals surface area contributed by atoms with Crippen molar-refractivity contribution in [1.82, 2.24) is 20.1 Å². The molecule has 0 bridgehead atoms. The summed E-state index contributed by atoms with van der Waals surface area (Å²) in [5.41, 5.74) is 3.20. The fourth-order valence-electron chi connectivity index (χ4n) is 4.36. The summed E-state index contributed by atoms with van der Waals surface area (Å²) in [5, 5.41) is 17.4. The van der Waals surface area contributed by atoms with Crippen LogP contribution in [0.15, 0.2) is 42.6 Å². The first-order valence-corrected chi connectivity index (χ1v) is 9.86. The number of carbonyl (C=O) groups is 1. The normalized spacial score (nSPS) is 21.1. The van der Waals surface area contributed by atoms with Gasteiger partial charge in [-0.2, -0.15) is 13.2 Å². The zero-order chi connectivity index (χ0) is 22.2. The van der Waals surface area contributed by atoms with E-state index in [1.807, 2.05) is 6.20 Å². The summed E-state index contributed by atoms with van der Waals surface area (Å²) in [7, 11) is 2.22. The maximum Gasteiger partial charge on any atom is 0.490 e. The van der Waals surface area contributed by atoms with Crippen molar-refractivity contribution in [2.24, 2.45) is 11.8 Å². The lowest BCUT2D eigenvalue weighted by Gasteiger charge is -2.19. The lowest BCUT2D eigenvalue weighted by molar-refractivity contribution is -0.192. The zero-order valence-corrected chi connectivity index (χ0v) is 16.8. The summed E-state index contributed by atoms with van der Waals surface area (Å²) in [4.78, 5) is 17.0. The number of anilines is 1. The minimum Gasteiger partial charge on any atom is -0.475 e. The number of H-pyrrole nitrogens is 1. The van der Waals surface area contributed by atoms with Crippen LogP contribution in [0.3, 0.4) is 0 Å². The average molecular weight is 433 g/mol. The summed E-state index contributed by atoms with van der Waals surface area (Å²) < 4.78 is 31.7. The molecule has 2 aliphatic rings. The van der Waals surface area contributed by atoms with Crippen LogP contribution in [-0.2, 0) is 4.79 Å². The number of aliphatic carboxylic acids is 1. The van der Waals surface area contributed by atoms with E-state index in [-0.39, 0.29) is 0 Å². The molecule has 7 nitrogen and oxygen atoms in total. The number of aromatic nitrogens is 3. The van der Waals surface area contributed by atoms with Gasteiger partial charge >= 0.3 is 12.1 Å². The van der Waals surface area contributed by atoms with Crippen LogP contribution in [0.2, 0.25) is 0 Å². The second kappa shape index (κ2) is 8.18. The van der Waals surface area contributed by atoms with E-state index >= 15 is 0 Å². The minimum atomic E-state index is -5.08. The molecule has 164 valence electrons. The quantitative estimate of drug-likeness (QED) is 0.645. The minimum absolute atomic E-state index is 0.782. The van der Waals surface area contributed by atoms with Crippen LogP contribution in [0.5, 0.6) is 0 Å². The number of fused-ring (bicyclic) bond motifs is 2. The van der Waals surface area contributed by atoms with Gasteiger partial charge in [0.05, 0.1) is 5.69 Å². The maximum absolute atomic E-state index is 10.6. The Morgan fingerprint density at radius 3 is 2.32 bits per heavy atom. The molecule has 0 aliphatic carbocycles. The van der Waals surface area contributed by atoms with E-state index in [4.69, 9.17) is 9.90 Å². The van der Waals surface area contributed by atoms with Crippen molar-refractivity contribution < 1.29 is 23.1 Å². The van der Waals surface area contributed by atoms with Crippen LogP contribution >= 0.6 is 0 Å². The van der Waals surface area contributed by atoms with Gasteiger partial charge in [0.2, 0.25) is 0 Å². The smallest absolute Gasteiger partial charge is 0.475 e. The number of rotatable bonds is 2. The number of likely N-dealkylation sites (tertiary alicyclic amines) is 1. The molecule has 0 amide bonds. The molecule has 2 unspecified atom stereocenters. The molecule has 5 rings (SSSR count). The van der Waals surface area contributed by atoms with Crippen molar-refractivity contribution >= 4 is 22.7 Å². The van der Waals surface area contributed by atoms with Gasteiger partial charge in [-0.05, 0) is 43.1 Å². The Bertz CT molecular complexity index is 1050. The first-order valence-electron chi connectivity index (χ1n) is 9.86. The fourth-order valence-corrected chi connectivity index (χ4v) is 4.36. The number of hydrogen-bond donors (Lipinski definition) is 2. The van der Waals surface area contributed by atoms with Crippen LogP contribution in [0.1, 0.15) is 0 Å². The molecule has 1 aromatic carbocycles. The molecule has 10 heteroatoms. The molecule has 2 N–H and O–H groups in total. The Morgan fingerprint density at radius 1 is 1.06 bits per heavy atom. The van der Waals surface area contributed by atoms with E-state index in [1.165, 1.54) is 18.5 Å². The molecule has 2 fully saturated rings. The summed E-state index contributed by atoms with van der Waals surface area (Å²) >= 11 is 0. The van der Waals surface area contributed by atoms with Crippen molar-refractivity contribution in [3.8, 4) is 11.3 Å². The lowest BCUT2D eigenvalue weighted by atomic mass is 10.0. The van der Waals surface area contributed by atoms with E-state index in [2.05, 4.69) is 68.4 Å². The highest BCUT2D eigenvalue weighted by Gasteiger charge is 2.39. The third kappa shape index (κ3) is 4.48. The third-order valence-corrected chi connectivity index (χ3v) is 5.76. The van der Waals surface area contributed by atoms with Crippen molar-refractivity contribution in [3.05, 3.63) is 42.6 Å². The van der Waals surface area contributed by atoms with E-state index in [0.717, 1.165) is 47.5 Å². The summed E-state index contributed by atoms with van der Waals surface area (Å²) in [6.45, 7) is 4.64. The Kier molecular flexibility index (Phi) is 5.57. The Morgan fingerprint density at radius 2 is 1.74 bits per heavy atom. The van der Waals surface area contributed by atoms with Crippen molar-refractivity contribution in [1.29, 1.82) is 0 Å². The molecule has 2 aromatic heterocycles. The van der Waals surface area contributed by atoms with Gasteiger partial charge in [-0.1, -0.05) is 12.1 Å². The molecule has 3 aromatic rings. The topological polar surface area (TPSA) is 85.4 Å². The number of carboxylic acids is 1. The first kappa shape index (κ1) is 21.1. The fraction of sp³-hybridized carbons (Fsp3) is 0.381. The van der Waals surface area contributed by atoms with E-state index in [9.17, 15) is 13.2 Å². The molecule has 2 atom stereocenters. The number of nitrogens with zero attached hydrogens (tertiary/aromatic N) is 4. The molecule has 2 aliphatic heterocycles. The number of aromatic amines is 1. The monoisotopic (exact) mass is 433 g/mol. The number of alkyl halides is 3. The van der Waals surface area contributed by atoms with Crippen LogP contribution in [0.4, 0.5) is 19.0 Å². The van der Waals surface area contributed by atoms with Gasteiger partial charge in [-0.25, -0.2) is 4.79 Å². The Balaban J connectivity index is 0.000000289. The molecular weight excluding hydrogens is 411 g/mol. The highest BCUT2D eigenvalue weighted by Crippen LogP contribution is 2.33. The second-order valence-corrected chi connectivity index (χ2v) is 7.97. The van der Waals surface area contributed by atoms with E-state index in [1.54, 1.807) is 0 Å². The predicted molar refractivity (Wildman–Crippen MR) is 110 cm³/mol. The van der Waals surface area contributed by atoms with Crippen LogP contribution in [0, 0.1) is 11.8 Å². The first-order chi connectivity index (χ1) is 14.7. The Labute approximate surface area is 176 Å². The van der Waals surface area contributed by atoms with Gasteiger partial charge in [0.25, 0.3) is 0 Å². The van der Waals surface area contributed by atoms with Crippen LogP contribution in [0.25, 0.3) is 22.2 Å². The Hall–Kier alpha value is -3.14. The number of carboxylic acid groups (broad SMARTS) is 1. The largest absolute Gasteiger partial charge is 0.490 e. The van der Waals surface area contributed by atoms with Gasteiger partial charge in [0, 0.05) is 48.8 Å². The summed E-state index contributed by atoms with van der Waals surface area (Å²) in [6, 6.07) is 12.6. The molecule has 31 heavy (non-hydrogen) atoms. The average Bonchev–Trinajstić information content (AvgIpc) is 3.42. The second-order valence-electron chi connectivity index (χ2n) is 7.97. The lowest BCUT2D eigenvalue weighted by Crippen LogP contribution is -2.27. The highest BCUT2D eigenvalue weighted by molar-refractivity contribution is 5.94. The van der Waals surface area contributed by atoms with Crippen LogP contribution < -0.4 is 4.90 Å². The van der Waals surface area contributed by atoms with Gasteiger partial charge in [0.1, 0.15) is 0 Å². The number of nitrogens with one attached hydrogen (secondary N) is 1. The molecule has 0 radical (unpaired) electrons. The van der Waals surface area contributed by atoms with E-state index in [0.29, 0.717) is 0 Å². The third-order valence-electron chi connectivity index (χ3n) is 5.76. The molecule has 0 spiro atoms. The van der Waals surface area contributed by atoms with Gasteiger partial charge in [-0.15, -0.1) is 10.2 Å². The van der Waals surface area contributed by atoms with E-state index < -0.39 is 12.1 Å². The standard InChI is InChI=1S/C19H21N5.C2HF3O2/c1-23-9-13-11-24(12-14(13)10-23)19-6-5-18(21-22-19)15-3-2-4-17-16(15)7-8-20-17;3-2(4,5)1(6)7/h2-8,13-14,20H,9-12H2,1H3;(H,6,7). The molecular formula is C21H22F3N5O2.